The lowest BCUT2D eigenvalue weighted by Crippen LogP contribution is -2.25. The first-order valence-corrected chi connectivity index (χ1v) is 9.93. The largest absolute Gasteiger partial charge is 0.352 e. The number of hydrogen-bond acceptors (Lipinski definition) is 4. The van der Waals surface area contributed by atoms with Gasteiger partial charge in [-0.3, -0.25) is 9.48 Å². The lowest BCUT2D eigenvalue weighted by atomic mass is 10.1. The van der Waals surface area contributed by atoms with Gasteiger partial charge in [-0.2, -0.15) is 5.10 Å². The monoisotopic (exact) mass is 384 g/mol. The van der Waals surface area contributed by atoms with Gasteiger partial charge in [0.05, 0.1) is 11.4 Å². The molecule has 140 valence electrons. The fourth-order valence-corrected chi connectivity index (χ4v) is 3.13. The maximum atomic E-state index is 12.2. The van der Waals surface area contributed by atoms with Crippen LogP contribution >= 0.6 is 0 Å². The Bertz CT molecular complexity index is 996. The van der Waals surface area contributed by atoms with E-state index >= 15 is 0 Å². The maximum absolute atomic E-state index is 12.2. The smallest absolute Gasteiger partial charge is 0.251 e. The number of benzene rings is 2. The maximum Gasteiger partial charge on any atom is 0.251 e. The quantitative estimate of drug-likeness (QED) is 0.644. The molecule has 0 atom stereocenters. The first-order chi connectivity index (χ1) is 12.9. The topological polar surface area (TPSA) is 107 Å². The normalized spacial score (nSPS) is 11.3. The summed E-state index contributed by atoms with van der Waals surface area (Å²) in [6.45, 7) is 1.10. The summed E-state index contributed by atoms with van der Waals surface area (Å²) in [5.74, 6) is -0.151. The van der Waals surface area contributed by atoms with Crippen molar-refractivity contribution in [3.63, 3.8) is 0 Å². The van der Waals surface area contributed by atoms with Crippen LogP contribution in [0.1, 0.15) is 21.5 Å². The van der Waals surface area contributed by atoms with Crippen molar-refractivity contribution in [2.45, 2.75) is 17.9 Å². The molecular weight excluding hydrogens is 364 g/mol. The average molecular weight is 384 g/mol. The minimum atomic E-state index is -3.68. The van der Waals surface area contributed by atoms with Gasteiger partial charge in [-0.25, -0.2) is 13.6 Å². The van der Waals surface area contributed by atoms with Gasteiger partial charge in [-0.1, -0.05) is 24.3 Å². The van der Waals surface area contributed by atoms with Crippen molar-refractivity contribution in [2.24, 2.45) is 5.14 Å². The number of hydrogen-bond donors (Lipinski definition) is 2. The van der Waals surface area contributed by atoms with Gasteiger partial charge in [0, 0.05) is 24.5 Å². The molecule has 3 rings (SSSR count). The molecule has 0 fully saturated rings. The van der Waals surface area contributed by atoms with Crippen LogP contribution in [0, 0.1) is 0 Å². The predicted octanol–water partition coefficient (Wildman–Crippen LogP) is 1.55. The van der Waals surface area contributed by atoms with Crippen molar-refractivity contribution in [3.8, 4) is 0 Å². The van der Waals surface area contributed by atoms with Gasteiger partial charge in [-0.15, -0.1) is 0 Å². The Morgan fingerprint density at radius 1 is 1.04 bits per heavy atom. The van der Waals surface area contributed by atoms with Gasteiger partial charge in [0.25, 0.3) is 5.91 Å². The zero-order valence-electron chi connectivity index (χ0n) is 14.6. The molecule has 0 aliphatic heterocycles. The zero-order chi connectivity index (χ0) is 19.3. The van der Waals surface area contributed by atoms with E-state index in [1.807, 2.05) is 29.1 Å². The molecule has 1 aromatic heterocycles. The van der Waals surface area contributed by atoms with E-state index in [9.17, 15) is 13.2 Å². The van der Waals surface area contributed by atoms with E-state index in [0.717, 1.165) is 11.1 Å². The van der Waals surface area contributed by atoms with Crippen LogP contribution in [0.25, 0.3) is 0 Å². The van der Waals surface area contributed by atoms with Gasteiger partial charge in [-0.05, 0) is 47.9 Å². The Morgan fingerprint density at radius 2 is 1.70 bits per heavy atom. The highest BCUT2D eigenvalue weighted by molar-refractivity contribution is 7.89. The summed E-state index contributed by atoms with van der Waals surface area (Å²) in [5.41, 5.74) is 2.56. The number of primary sulfonamides is 1. The Morgan fingerprint density at radius 3 is 2.30 bits per heavy atom. The molecule has 0 saturated heterocycles. The van der Waals surface area contributed by atoms with E-state index in [-0.39, 0.29) is 10.8 Å². The van der Waals surface area contributed by atoms with E-state index in [4.69, 9.17) is 5.14 Å². The molecule has 0 spiro atoms. The average Bonchev–Trinajstić information content (AvgIpc) is 3.15. The second-order valence-electron chi connectivity index (χ2n) is 6.10. The number of rotatable bonds is 7. The number of nitrogens with two attached hydrogens (primary N) is 1. The zero-order valence-corrected chi connectivity index (χ0v) is 15.4. The third-order valence-electron chi connectivity index (χ3n) is 4.07. The van der Waals surface area contributed by atoms with Crippen molar-refractivity contribution in [1.29, 1.82) is 0 Å². The molecule has 0 unspecified atom stereocenters. The van der Waals surface area contributed by atoms with E-state index in [2.05, 4.69) is 10.4 Å². The first-order valence-electron chi connectivity index (χ1n) is 8.38. The van der Waals surface area contributed by atoms with E-state index < -0.39 is 10.0 Å². The Hall–Kier alpha value is -2.97. The van der Waals surface area contributed by atoms with Crippen LogP contribution in [0.2, 0.25) is 0 Å². The lowest BCUT2D eigenvalue weighted by molar-refractivity contribution is 0.0954. The highest BCUT2D eigenvalue weighted by Gasteiger charge is 2.08. The number of aromatic nitrogens is 2. The molecule has 3 aromatic rings. The molecule has 0 aliphatic rings. The Balaban J connectivity index is 1.50. The van der Waals surface area contributed by atoms with Crippen LogP contribution in [-0.2, 0) is 23.0 Å². The second kappa shape index (κ2) is 8.15. The van der Waals surface area contributed by atoms with E-state index in [1.54, 1.807) is 30.5 Å². The molecule has 0 bridgehead atoms. The van der Waals surface area contributed by atoms with Crippen molar-refractivity contribution in [2.75, 3.05) is 6.54 Å². The summed E-state index contributed by atoms with van der Waals surface area (Å²) >= 11 is 0. The van der Waals surface area contributed by atoms with Gasteiger partial charge in [0.1, 0.15) is 0 Å². The number of nitrogens with one attached hydrogen (secondary N) is 1. The summed E-state index contributed by atoms with van der Waals surface area (Å²) in [7, 11) is -3.68. The fraction of sp³-hybridized carbons (Fsp3) is 0.158. The minimum Gasteiger partial charge on any atom is -0.352 e. The van der Waals surface area contributed by atoms with Crippen LogP contribution < -0.4 is 10.5 Å². The molecule has 8 heteroatoms. The molecule has 2 aromatic carbocycles. The van der Waals surface area contributed by atoms with Crippen LogP contribution in [-0.4, -0.2) is 30.7 Å². The molecule has 0 aliphatic carbocycles. The van der Waals surface area contributed by atoms with Crippen molar-refractivity contribution in [3.05, 3.63) is 83.7 Å². The molecule has 1 amide bonds. The number of carbonyl (C=O) groups is 1. The van der Waals surface area contributed by atoms with Crippen molar-refractivity contribution >= 4 is 15.9 Å². The molecule has 1 heterocycles. The molecule has 0 radical (unpaired) electrons. The molecule has 0 saturated carbocycles. The SMILES string of the molecule is NS(=O)(=O)c1ccc(CCNC(=O)c2ccc(Cn3cccn3)cc2)cc1. The predicted molar refractivity (Wildman–Crippen MR) is 102 cm³/mol. The fourth-order valence-electron chi connectivity index (χ4n) is 2.61. The third-order valence-corrected chi connectivity index (χ3v) is 5.00. The lowest BCUT2D eigenvalue weighted by Gasteiger charge is -2.07. The number of sulfonamides is 1. The van der Waals surface area contributed by atoms with Crippen LogP contribution in [0.4, 0.5) is 0 Å². The standard InChI is InChI=1S/C19H20N4O3S/c20-27(25,26)18-8-4-15(5-9-18)10-12-21-19(24)17-6-2-16(3-7-17)14-23-13-1-11-22-23/h1-9,11,13H,10,12,14H2,(H,21,24)(H2,20,25,26). The molecular formula is C19H20N4O3S. The van der Waals surface area contributed by atoms with Crippen LogP contribution in [0.3, 0.4) is 0 Å². The molecule has 27 heavy (non-hydrogen) atoms. The van der Waals surface area contributed by atoms with Gasteiger partial charge in [0.15, 0.2) is 0 Å². The Kier molecular flexibility index (Phi) is 5.68. The van der Waals surface area contributed by atoms with Crippen LogP contribution in [0.15, 0.2) is 71.9 Å². The van der Waals surface area contributed by atoms with Crippen LogP contribution in [0.5, 0.6) is 0 Å². The number of carbonyl (C=O) groups excluding carboxylic acids is 1. The van der Waals surface area contributed by atoms with Gasteiger partial charge < -0.3 is 5.32 Å². The Labute approximate surface area is 157 Å². The first kappa shape index (κ1) is 18.8. The van der Waals surface area contributed by atoms with Gasteiger partial charge >= 0.3 is 0 Å². The summed E-state index contributed by atoms with van der Waals surface area (Å²) in [6, 6.07) is 15.6. The number of nitrogens with zero attached hydrogens (tertiary/aromatic N) is 2. The minimum absolute atomic E-state index is 0.0745. The summed E-state index contributed by atoms with van der Waals surface area (Å²) in [5, 5.41) is 12.1. The highest BCUT2D eigenvalue weighted by atomic mass is 32.2. The second-order valence-corrected chi connectivity index (χ2v) is 7.66. The van der Waals surface area contributed by atoms with E-state index in [0.29, 0.717) is 25.1 Å². The number of amides is 1. The third kappa shape index (κ3) is 5.25. The summed E-state index contributed by atoms with van der Waals surface area (Å²) in [4.78, 5) is 12.3. The molecule has 3 N–H and O–H groups in total. The van der Waals surface area contributed by atoms with Crippen molar-refractivity contribution in [1.82, 2.24) is 15.1 Å². The summed E-state index contributed by atoms with van der Waals surface area (Å²) < 4.78 is 24.3. The highest BCUT2D eigenvalue weighted by Crippen LogP contribution is 2.09. The summed E-state index contributed by atoms with van der Waals surface area (Å²) in [6.07, 6.45) is 4.20. The van der Waals surface area contributed by atoms with Crippen molar-refractivity contribution < 1.29 is 13.2 Å². The van der Waals surface area contributed by atoms with E-state index in [1.165, 1.54) is 12.1 Å². The molecule has 7 nitrogen and oxygen atoms in total. The van der Waals surface area contributed by atoms with Gasteiger partial charge in [0.2, 0.25) is 10.0 Å².